The molecular formula is C21H24FN3O2. The molecule has 2 aromatic carbocycles. The van der Waals surface area contributed by atoms with Crippen LogP contribution < -0.4 is 5.32 Å². The highest BCUT2D eigenvalue weighted by atomic mass is 19.1. The number of nitrogens with zero attached hydrogens (tertiary/aromatic N) is 2. The van der Waals surface area contributed by atoms with Crippen LogP contribution in [0, 0.1) is 12.7 Å². The second kappa shape index (κ2) is 8.77. The van der Waals surface area contributed by atoms with Crippen LogP contribution in [-0.2, 0) is 11.3 Å². The van der Waals surface area contributed by atoms with E-state index in [4.69, 9.17) is 0 Å². The van der Waals surface area contributed by atoms with Crippen molar-refractivity contribution in [2.75, 3.05) is 32.7 Å². The van der Waals surface area contributed by atoms with Crippen LogP contribution >= 0.6 is 0 Å². The minimum Gasteiger partial charge on any atom is -0.351 e. The maximum Gasteiger partial charge on any atom is 0.254 e. The Balaban J connectivity index is 1.45. The normalized spacial score (nSPS) is 14.8. The summed E-state index contributed by atoms with van der Waals surface area (Å²) in [7, 11) is 0. The van der Waals surface area contributed by atoms with Gasteiger partial charge in [-0.05, 0) is 30.2 Å². The van der Waals surface area contributed by atoms with E-state index in [1.165, 1.54) is 6.07 Å². The molecule has 1 fully saturated rings. The van der Waals surface area contributed by atoms with Crippen LogP contribution in [-0.4, -0.2) is 54.3 Å². The molecule has 2 aromatic rings. The zero-order valence-electron chi connectivity index (χ0n) is 15.5. The molecule has 5 nitrogen and oxygen atoms in total. The Morgan fingerprint density at radius 3 is 2.41 bits per heavy atom. The van der Waals surface area contributed by atoms with E-state index in [-0.39, 0.29) is 17.6 Å². The Kier molecular flexibility index (Phi) is 6.19. The fourth-order valence-corrected chi connectivity index (χ4v) is 3.07. The van der Waals surface area contributed by atoms with Gasteiger partial charge in [0.25, 0.3) is 5.91 Å². The van der Waals surface area contributed by atoms with Gasteiger partial charge in [0.05, 0.1) is 6.54 Å². The first-order chi connectivity index (χ1) is 13.0. The van der Waals surface area contributed by atoms with Crippen LogP contribution in [0.2, 0.25) is 0 Å². The van der Waals surface area contributed by atoms with Crippen LogP contribution in [0.15, 0.2) is 48.5 Å². The molecule has 0 aromatic heterocycles. The highest BCUT2D eigenvalue weighted by Gasteiger charge is 2.23. The lowest BCUT2D eigenvalue weighted by Crippen LogP contribution is -2.51. The van der Waals surface area contributed by atoms with Gasteiger partial charge in [-0.15, -0.1) is 0 Å². The van der Waals surface area contributed by atoms with Crippen molar-refractivity contribution < 1.29 is 14.0 Å². The van der Waals surface area contributed by atoms with Gasteiger partial charge >= 0.3 is 0 Å². The first kappa shape index (κ1) is 19.0. The fraction of sp³-hybridized carbons (Fsp3) is 0.333. The zero-order valence-corrected chi connectivity index (χ0v) is 15.5. The number of piperazine rings is 1. The highest BCUT2D eigenvalue weighted by molar-refractivity contribution is 5.94. The topological polar surface area (TPSA) is 52.7 Å². The summed E-state index contributed by atoms with van der Waals surface area (Å²) < 4.78 is 13.7. The standard InChI is InChI=1S/C21H24FN3O2/c1-16-7-8-18(13-19(16)22)21(27)25-11-9-24(10-12-25)15-20(26)23-14-17-5-3-2-4-6-17/h2-8,13H,9-12,14-15H2,1H3,(H,23,26). The van der Waals surface area contributed by atoms with E-state index in [0.717, 1.165) is 5.56 Å². The molecule has 0 spiro atoms. The molecule has 1 N–H and O–H groups in total. The van der Waals surface area contributed by atoms with Crippen molar-refractivity contribution in [1.82, 2.24) is 15.1 Å². The first-order valence-corrected chi connectivity index (χ1v) is 9.11. The average Bonchev–Trinajstić information content (AvgIpc) is 2.69. The number of carbonyl (C=O) groups is 2. The fourth-order valence-electron chi connectivity index (χ4n) is 3.07. The molecule has 1 heterocycles. The smallest absolute Gasteiger partial charge is 0.254 e. The predicted molar refractivity (Wildman–Crippen MR) is 102 cm³/mol. The lowest BCUT2D eigenvalue weighted by atomic mass is 10.1. The summed E-state index contributed by atoms with van der Waals surface area (Å²) in [5.74, 6) is -0.559. The van der Waals surface area contributed by atoms with E-state index < -0.39 is 0 Å². The number of rotatable bonds is 5. The van der Waals surface area contributed by atoms with Gasteiger partial charge in [0, 0.05) is 38.3 Å². The third kappa shape index (κ3) is 5.14. The Morgan fingerprint density at radius 2 is 1.74 bits per heavy atom. The minimum atomic E-state index is -0.366. The van der Waals surface area contributed by atoms with Crippen LogP contribution in [0.3, 0.4) is 0 Å². The van der Waals surface area contributed by atoms with Gasteiger partial charge in [-0.25, -0.2) is 4.39 Å². The van der Waals surface area contributed by atoms with Crippen LogP contribution in [0.4, 0.5) is 4.39 Å². The van der Waals surface area contributed by atoms with Gasteiger partial charge < -0.3 is 10.2 Å². The van der Waals surface area contributed by atoms with E-state index in [9.17, 15) is 14.0 Å². The summed E-state index contributed by atoms with van der Waals surface area (Å²) in [4.78, 5) is 28.4. The number of hydrogen-bond donors (Lipinski definition) is 1. The summed E-state index contributed by atoms with van der Waals surface area (Å²) in [5, 5.41) is 2.91. The van der Waals surface area contributed by atoms with Gasteiger partial charge in [-0.3, -0.25) is 14.5 Å². The van der Waals surface area contributed by atoms with Gasteiger partial charge in [0.15, 0.2) is 0 Å². The third-order valence-corrected chi connectivity index (χ3v) is 4.78. The molecule has 2 amide bonds. The summed E-state index contributed by atoms with van der Waals surface area (Å²) in [6.45, 7) is 4.80. The second-order valence-corrected chi connectivity index (χ2v) is 6.79. The van der Waals surface area contributed by atoms with E-state index >= 15 is 0 Å². The lowest BCUT2D eigenvalue weighted by Gasteiger charge is -2.34. The second-order valence-electron chi connectivity index (χ2n) is 6.79. The number of hydrogen-bond acceptors (Lipinski definition) is 3. The number of amides is 2. The SMILES string of the molecule is Cc1ccc(C(=O)N2CCN(CC(=O)NCc3ccccc3)CC2)cc1F. The largest absolute Gasteiger partial charge is 0.351 e. The van der Waals surface area contributed by atoms with Crippen molar-refractivity contribution in [3.05, 3.63) is 71.0 Å². The van der Waals surface area contributed by atoms with Gasteiger partial charge in [-0.1, -0.05) is 36.4 Å². The lowest BCUT2D eigenvalue weighted by molar-refractivity contribution is -0.122. The molecule has 27 heavy (non-hydrogen) atoms. The van der Waals surface area contributed by atoms with Crippen molar-refractivity contribution in [3.8, 4) is 0 Å². The molecule has 6 heteroatoms. The summed E-state index contributed by atoms with van der Waals surface area (Å²) >= 11 is 0. The number of aryl methyl sites for hydroxylation is 1. The molecule has 1 aliphatic heterocycles. The van der Waals surface area contributed by atoms with Crippen LogP contribution in [0.1, 0.15) is 21.5 Å². The minimum absolute atomic E-state index is 0.0285. The number of benzene rings is 2. The van der Waals surface area contributed by atoms with Crippen molar-refractivity contribution in [2.24, 2.45) is 0 Å². The number of carbonyl (C=O) groups excluding carboxylic acids is 2. The van der Waals surface area contributed by atoms with Gasteiger partial charge in [-0.2, -0.15) is 0 Å². The molecule has 0 atom stereocenters. The van der Waals surface area contributed by atoms with E-state index in [0.29, 0.717) is 50.4 Å². The molecule has 0 saturated carbocycles. The van der Waals surface area contributed by atoms with E-state index in [1.807, 2.05) is 35.2 Å². The Labute approximate surface area is 158 Å². The van der Waals surface area contributed by atoms with Crippen molar-refractivity contribution >= 4 is 11.8 Å². The quantitative estimate of drug-likeness (QED) is 0.879. The van der Waals surface area contributed by atoms with Crippen molar-refractivity contribution in [3.63, 3.8) is 0 Å². The van der Waals surface area contributed by atoms with Crippen LogP contribution in [0.25, 0.3) is 0 Å². The van der Waals surface area contributed by atoms with E-state index in [2.05, 4.69) is 5.32 Å². The summed E-state index contributed by atoms with van der Waals surface area (Å²) in [6, 6.07) is 14.3. The molecule has 0 bridgehead atoms. The highest BCUT2D eigenvalue weighted by Crippen LogP contribution is 2.13. The third-order valence-electron chi connectivity index (χ3n) is 4.78. The molecule has 142 valence electrons. The Hall–Kier alpha value is -2.73. The van der Waals surface area contributed by atoms with Crippen LogP contribution in [0.5, 0.6) is 0 Å². The van der Waals surface area contributed by atoms with E-state index in [1.54, 1.807) is 24.0 Å². The maximum absolute atomic E-state index is 13.7. The molecule has 3 rings (SSSR count). The average molecular weight is 369 g/mol. The molecule has 1 saturated heterocycles. The zero-order chi connectivity index (χ0) is 19.2. The molecule has 1 aliphatic rings. The van der Waals surface area contributed by atoms with Crippen molar-refractivity contribution in [2.45, 2.75) is 13.5 Å². The summed E-state index contributed by atoms with van der Waals surface area (Å²) in [6.07, 6.45) is 0. The number of halogens is 1. The molecule has 0 aliphatic carbocycles. The number of nitrogens with one attached hydrogen (secondary N) is 1. The monoisotopic (exact) mass is 369 g/mol. The Morgan fingerprint density at radius 1 is 1.04 bits per heavy atom. The maximum atomic E-state index is 13.7. The van der Waals surface area contributed by atoms with Gasteiger partial charge in [0.1, 0.15) is 5.82 Å². The van der Waals surface area contributed by atoms with Crippen molar-refractivity contribution in [1.29, 1.82) is 0 Å². The summed E-state index contributed by atoms with van der Waals surface area (Å²) in [5.41, 5.74) is 1.96. The molecule has 0 unspecified atom stereocenters. The Bertz CT molecular complexity index is 802. The molecular weight excluding hydrogens is 345 g/mol. The van der Waals surface area contributed by atoms with Gasteiger partial charge in [0.2, 0.25) is 5.91 Å². The molecule has 0 radical (unpaired) electrons. The predicted octanol–water partition coefficient (Wildman–Crippen LogP) is 2.21. The first-order valence-electron chi connectivity index (χ1n) is 9.11.